The van der Waals surface area contributed by atoms with Crippen molar-refractivity contribution in [2.75, 3.05) is 26.2 Å². The van der Waals surface area contributed by atoms with Gasteiger partial charge in [-0.2, -0.15) is 0 Å². The van der Waals surface area contributed by atoms with Crippen LogP contribution in [0.25, 0.3) is 0 Å². The Balaban J connectivity index is 2.97. The van der Waals surface area contributed by atoms with Gasteiger partial charge in [0.1, 0.15) is 0 Å². The summed E-state index contributed by atoms with van der Waals surface area (Å²) in [7, 11) is 0.0192. The Hall–Kier alpha value is -1.49. The van der Waals surface area contributed by atoms with Crippen LogP contribution in [0.4, 0.5) is 0 Å². The molecule has 0 unspecified atom stereocenters. The van der Waals surface area contributed by atoms with Gasteiger partial charge >= 0.3 is 11.9 Å². The average molecular weight is 298 g/mol. The number of benzene rings is 1. The van der Waals surface area contributed by atoms with Crippen molar-refractivity contribution >= 4 is 22.0 Å². The molecule has 0 aromatic heterocycles. The van der Waals surface area contributed by atoms with Crippen molar-refractivity contribution in [2.24, 2.45) is 0 Å². The van der Waals surface area contributed by atoms with Gasteiger partial charge in [-0.1, -0.05) is 0 Å². The van der Waals surface area contributed by atoms with Crippen LogP contribution in [0.2, 0.25) is 0 Å². The molecule has 0 N–H and O–H groups in total. The number of hydrogen-bond donors (Lipinski definition) is 0. The predicted octanol–water partition coefficient (Wildman–Crippen LogP) is 2.85. The van der Waals surface area contributed by atoms with E-state index in [9.17, 15) is 9.59 Å². The number of esters is 2. The molecular formula is C15H22O4S. The molecular weight excluding hydrogens is 276 g/mol. The van der Waals surface area contributed by atoms with Gasteiger partial charge in [-0.05, 0) is 55.5 Å². The summed E-state index contributed by atoms with van der Waals surface area (Å²) in [5, 5.41) is -0.188. The van der Waals surface area contributed by atoms with Crippen molar-refractivity contribution in [1.82, 2.24) is 0 Å². The highest BCUT2D eigenvalue weighted by atomic mass is 32.3. The standard InChI is InChI=1S/C15H22O4S/c1-6-19-14(16)11(2)20(4,5)13-9-7-12(8-10-13)15(17)18-3/h7-11H,6H2,1-5H3/t11-/m1/s1. The smallest absolute Gasteiger partial charge is 0.337 e. The second-order valence-electron chi connectivity index (χ2n) is 4.82. The van der Waals surface area contributed by atoms with Crippen LogP contribution in [0.3, 0.4) is 0 Å². The van der Waals surface area contributed by atoms with E-state index in [0.29, 0.717) is 12.2 Å². The Kier molecular flexibility index (Phi) is 5.62. The van der Waals surface area contributed by atoms with Crippen LogP contribution in [0.1, 0.15) is 24.2 Å². The third-order valence-electron chi connectivity index (χ3n) is 3.39. The van der Waals surface area contributed by atoms with Crippen molar-refractivity contribution < 1.29 is 19.1 Å². The molecule has 1 aromatic rings. The van der Waals surface area contributed by atoms with Crippen molar-refractivity contribution in [3.8, 4) is 0 Å². The summed E-state index contributed by atoms with van der Waals surface area (Å²) in [6.45, 7) is 4.08. The first-order valence-corrected chi connectivity index (χ1v) is 8.93. The van der Waals surface area contributed by atoms with Gasteiger partial charge < -0.3 is 9.47 Å². The van der Waals surface area contributed by atoms with Crippen molar-refractivity contribution in [3.05, 3.63) is 29.8 Å². The van der Waals surface area contributed by atoms with Gasteiger partial charge in [-0.3, -0.25) is 4.79 Å². The van der Waals surface area contributed by atoms with E-state index in [-0.39, 0.29) is 17.2 Å². The molecule has 1 atom stereocenters. The molecule has 20 heavy (non-hydrogen) atoms. The fraction of sp³-hybridized carbons (Fsp3) is 0.467. The third kappa shape index (κ3) is 3.54. The molecule has 0 spiro atoms. The predicted molar refractivity (Wildman–Crippen MR) is 81.6 cm³/mol. The average Bonchev–Trinajstić information content (AvgIpc) is 2.45. The molecule has 0 radical (unpaired) electrons. The van der Waals surface area contributed by atoms with Crippen LogP contribution in [0.15, 0.2) is 29.2 Å². The number of carbonyl (C=O) groups excluding carboxylic acids is 2. The largest absolute Gasteiger partial charge is 0.465 e. The molecule has 0 saturated heterocycles. The van der Waals surface area contributed by atoms with E-state index >= 15 is 0 Å². The van der Waals surface area contributed by atoms with Gasteiger partial charge in [-0.15, -0.1) is 0 Å². The maximum atomic E-state index is 11.9. The Labute approximate surface area is 121 Å². The van der Waals surface area contributed by atoms with E-state index in [1.165, 1.54) is 7.11 Å². The van der Waals surface area contributed by atoms with E-state index in [1.807, 2.05) is 19.1 Å². The minimum Gasteiger partial charge on any atom is -0.465 e. The maximum Gasteiger partial charge on any atom is 0.337 e. The van der Waals surface area contributed by atoms with Gasteiger partial charge in [0.05, 0.1) is 24.5 Å². The second-order valence-corrected chi connectivity index (χ2v) is 8.81. The molecule has 0 fully saturated rings. The van der Waals surface area contributed by atoms with Crippen LogP contribution < -0.4 is 0 Å². The Morgan fingerprint density at radius 3 is 2.20 bits per heavy atom. The van der Waals surface area contributed by atoms with Gasteiger partial charge in [0.2, 0.25) is 0 Å². The summed E-state index contributed by atoms with van der Waals surface area (Å²) < 4.78 is 9.77. The number of hydrogen-bond acceptors (Lipinski definition) is 4. The number of methoxy groups -OCH3 is 1. The third-order valence-corrected chi connectivity index (χ3v) is 6.83. The molecule has 0 amide bonds. The molecule has 0 aliphatic carbocycles. The molecule has 112 valence electrons. The molecule has 0 aliphatic heterocycles. The molecule has 1 aromatic carbocycles. The van der Waals surface area contributed by atoms with E-state index in [2.05, 4.69) is 17.2 Å². The van der Waals surface area contributed by atoms with E-state index in [1.54, 1.807) is 19.1 Å². The summed E-state index contributed by atoms with van der Waals surface area (Å²) in [6.07, 6.45) is 4.14. The van der Waals surface area contributed by atoms with Crippen molar-refractivity contribution in [2.45, 2.75) is 24.0 Å². The van der Waals surface area contributed by atoms with Gasteiger partial charge in [-0.25, -0.2) is 14.8 Å². The molecule has 1 rings (SSSR count). The Morgan fingerprint density at radius 1 is 1.20 bits per heavy atom. The minimum absolute atomic E-state index is 0.176. The zero-order chi connectivity index (χ0) is 15.3. The molecule has 0 aliphatic rings. The second kappa shape index (κ2) is 6.79. The van der Waals surface area contributed by atoms with Crippen LogP contribution in [0, 0.1) is 0 Å². The molecule has 0 saturated carbocycles. The zero-order valence-electron chi connectivity index (χ0n) is 12.6. The zero-order valence-corrected chi connectivity index (χ0v) is 13.5. The number of ether oxygens (including phenoxy) is 2. The van der Waals surface area contributed by atoms with E-state index < -0.39 is 10.0 Å². The lowest BCUT2D eigenvalue weighted by molar-refractivity contribution is -0.142. The monoisotopic (exact) mass is 298 g/mol. The fourth-order valence-corrected chi connectivity index (χ4v) is 3.56. The van der Waals surface area contributed by atoms with Gasteiger partial charge in [0.15, 0.2) is 0 Å². The lowest BCUT2D eigenvalue weighted by Crippen LogP contribution is -2.26. The summed E-state index contributed by atoms with van der Waals surface area (Å²) in [5.41, 5.74) is 0.509. The maximum absolute atomic E-state index is 11.9. The number of rotatable bonds is 5. The highest BCUT2D eigenvalue weighted by Gasteiger charge is 2.29. The highest BCUT2D eigenvalue weighted by molar-refractivity contribution is 8.33. The lowest BCUT2D eigenvalue weighted by Gasteiger charge is -2.36. The summed E-state index contributed by atoms with van der Waals surface area (Å²) in [4.78, 5) is 24.4. The van der Waals surface area contributed by atoms with Crippen LogP contribution >= 0.6 is 10.0 Å². The Morgan fingerprint density at radius 2 is 1.75 bits per heavy atom. The Bertz CT molecular complexity index is 479. The summed E-state index contributed by atoms with van der Waals surface area (Å²) in [6, 6.07) is 7.23. The lowest BCUT2D eigenvalue weighted by atomic mass is 10.2. The van der Waals surface area contributed by atoms with Crippen LogP contribution in [0.5, 0.6) is 0 Å². The topological polar surface area (TPSA) is 52.6 Å². The normalized spacial score (nSPS) is 13.4. The summed E-state index contributed by atoms with van der Waals surface area (Å²) >= 11 is 0. The van der Waals surface area contributed by atoms with Gasteiger partial charge in [0, 0.05) is 0 Å². The minimum atomic E-state index is -1.34. The first-order chi connectivity index (χ1) is 9.34. The first kappa shape index (κ1) is 16.6. The summed E-state index contributed by atoms with van der Waals surface area (Å²) in [5.74, 6) is -0.535. The molecule has 0 heterocycles. The fourth-order valence-electron chi connectivity index (χ4n) is 1.76. The van der Waals surface area contributed by atoms with Crippen LogP contribution in [-0.4, -0.2) is 43.4 Å². The first-order valence-electron chi connectivity index (χ1n) is 6.41. The molecule has 4 nitrogen and oxygen atoms in total. The van der Waals surface area contributed by atoms with Gasteiger partial charge in [0.25, 0.3) is 0 Å². The van der Waals surface area contributed by atoms with Crippen molar-refractivity contribution in [3.63, 3.8) is 0 Å². The van der Waals surface area contributed by atoms with E-state index in [4.69, 9.17) is 4.74 Å². The van der Waals surface area contributed by atoms with Crippen molar-refractivity contribution in [1.29, 1.82) is 0 Å². The molecule has 0 bridgehead atoms. The van der Waals surface area contributed by atoms with Crippen LogP contribution in [-0.2, 0) is 14.3 Å². The molecule has 5 heteroatoms. The quantitative estimate of drug-likeness (QED) is 0.784. The highest BCUT2D eigenvalue weighted by Crippen LogP contribution is 2.53. The SMILES string of the molecule is CCOC(=O)[C@@H](C)S(C)(C)c1ccc(C(=O)OC)cc1. The van der Waals surface area contributed by atoms with E-state index in [0.717, 1.165) is 4.90 Å². The number of carbonyl (C=O) groups is 2.